The third kappa shape index (κ3) is 1.47. The first kappa shape index (κ1) is 11.1. The molecule has 1 aliphatic rings. The molecule has 3 rings (SSSR count). The summed E-state index contributed by atoms with van der Waals surface area (Å²) in [7, 11) is 1.81. The first-order chi connectivity index (χ1) is 8.72. The van der Waals surface area contributed by atoms with Crippen LogP contribution in [0.15, 0.2) is 40.9 Å². The Morgan fingerprint density at radius 1 is 1.33 bits per heavy atom. The van der Waals surface area contributed by atoms with Crippen molar-refractivity contribution in [3.8, 4) is 5.75 Å². The number of benzene rings is 1. The van der Waals surface area contributed by atoms with E-state index in [9.17, 15) is 4.79 Å². The molecule has 0 atom stereocenters. The van der Waals surface area contributed by atoms with E-state index in [1.165, 1.54) is 0 Å². The molecule has 0 fully saturated rings. The first-order valence-electron chi connectivity index (χ1n) is 6.20. The van der Waals surface area contributed by atoms with Crippen molar-refractivity contribution < 1.29 is 4.74 Å². The van der Waals surface area contributed by atoms with Crippen LogP contribution >= 0.6 is 0 Å². The van der Waals surface area contributed by atoms with Crippen LogP contribution in [0, 0.1) is 0 Å². The van der Waals surface area contributed by atoms with Gasteiger partial charge in [0.25, 0.3) is 5.56 Å². The normalized spacial score (nSPS) is 14.0. The zero-order valence-electron chi connectivity index (χ0n) is 10.6. The second-order valence-electron chi connectivity index (χ2n) is 4.52. The molecule has 0 bridgehead atoms. The summed E-state index contributed by atoms with van der Waals surface area (Å²) in [5.41, 5.74) is 1.71. The Morgan fingerprint density at radius 3 is 2.89 bits per heavy atom. The quantitative estimate of drug-likeness (QED) is 0.768. The van der Waals surface area contributed by atoms with Gasteiger partial charge in [0, 0.05) is 25.3 Å². The van der Waals surface area contributed by atoms with E-state index in [2.05, 4.69) is 6.92 Å². The number of aromatic nitrogens is 1. The second kappa shape index (κ2) is 4.02. The molecule has 1 aliphatic heterocycles. The van der Waals surface area contributed by atoms with E-state index in [0.29, 0.717) is 6.42 Å². The molecule has 92 valence electrons. The number of allylic oxidation sites excluding steroid dienone is 2. The van der Waals surface area contributed by atoms with Crippen LogP contribution in [0.5, 0.6) is 5.75 Å². The monoisotopic (exact) mass is 241 g/mol. The van der Waals surface area contributed by atoms with Crippen molar-refractivity contribution in [2.75, 3.05) is 0 Å². The summed E-state index contributed by atoms with van der Waals surface area (Å²) < 4.78 is 7.57. The van der Waals surface area contributed by atoms with Crippen LogP contribution in [0.2, 0.25) is 0 Å². The van der Waals surface area contributed by atoms with E-state index in [1.54, 1.807) is 4.57 Å². The van der Waals surface area contributed by atoms with Crippen molar-refractivity contribution in [2.45, 2.75) is 19.8 Å². The molecule has 3 nitrogen and oxygen atoms in total. The molecule has 0 saturated heterocycles. The fraction of sp³-hybridized carbons (Fsp3) is 0.267. The SMILES string of the molecule is CCC1=CCc2c(c3ccccc3n(C)c2=O)O1. The maximum Gasteiger partial charge on any atom is 0.258 e. The molecule has 0 saturated carbocycles. The van der Waals surface area contributed by atoms with Gasteiger partial charge in [-0.3, -0.25) is 4.79 Å². The lowest BCUT2D eigenvalue weighted by Gasteiger charge is -2.20. The zero-order chi connectivity index (χ0) is 12.7. The first-order valence-corrected chi connectivity index (χ1v) is 6.20. The molecule has 0 aliphatic carbocycles. The molecular weight excluding hydrogens is 226 g/mol. The van der Waals surface area contributed by atoms with Gasteiger partial charge < -0.3 is 9.30 Å². The Kier molecular flexibility index (Phi) is 2.47. The van der Waals surface area contributed by atoms with Gasteiger partial charge in [0.1, 0.15) is 11.5 Å². The molecule has 2 aromatic rings. The van der Waals surface area contributed by atoms with Gasteiger partial charge in [-0.15, -0.1) is 0 Å². The number of aryl methyl sites for hydroxylation is 1. The van der Waals surface area contributed by atoms with Crippen LogP contribution in [-0.4, -0.2) is 4.57 Å². The highest BCUT2D eigenvalue weighted by Gasteiger charge is 2.19. The Morgan fingerprint density at radius 2 is 2.11 bits per heavy atom. The lowest BCUT2D eigenvalue weighted by molar-refractivity contribution is 0.397. The van der Waals surface area contributed by atoms with E-state index < -0.39 is 0 Å². The van der Waals surface area contributed by atoms with E-state index in [-0.39, 0.29) is 5.56 Å². The molecule has 1 aromatic heterocycles. The highest BCUT2D eigenvalue weighted by Crippen LogP contribution is 2.32. The molecule has 0 N–H and O–H groups in total. The van der Waals surface area contributed by atoms with Gasteiger partial charge in [-0.25, -0.2) is 0 Å². The molecule has 0 spiro atoms. The van der Waals surface area contributed by atoms with Crippen LogP contribution in [0.25, 0.3) is 10.9 Å². The van der Waals surface area contributed by atoms with E-state index in [1.807, 2.05) is 37.4 Å². The smallest absolute Gasteiger partial charge is 0.258 e. The number of rotatable bonds is 1. The van der Waals surface area contributed by atoms with E-state index >= 15 is 0 Å². The summed E-state index contributed by atoms with van der Waals surface area (Å²) in [6, 6.07) is 7.87. The topological polar surface area (TPSA) is 31.2 Å². The lowest BCUT2D eigenvalue weighted by atomic mass is 10.0. The lowest BCUT2D eigenvalue weighted by Crippen LogP contribution is -2.24. The molecule has 0 amide bonds. The van der Waals surface area contributed by atoms with Gasteiger partial charge in [-0.2, -0.15) is 0 Å². The predicted octanol–water partition coefficient (Wildman–Crippen LogP) is 2.77. The van der Waals surface area contributed by atoms with Crippen molar-refractivity contribution in [1.82, 2.24) is 4.57 Å². The number of pyridine rings is 1. The third-order valence-corrected chi connectivity index (χ3v) is 3.46. The largest absolute Gasteiger partial charge is 0.461 e. The fourth-order valence-electron chi connectivity index (χ4n) is 2.43. The van der Waals surface area contributed by atoms with Gasteiger partial charge in [0.05, 0.1) is 11.1 Å². The number of para-hydroxylation sites is 1. The highest BCUT2D eigenvalue weighted by atomic mass is 16.5. The highest BCUT2D eigenvalue weighted by molar-refractivity contribution is 5.87. The number of ether oxygens (including phenoxy) is 1. The average molecular weight is 241 g/mol. The Hall–Kier alpha value is -2.03. The predicted molar refractivity (Wildman–Crippen MR) is 71.9 cm³/mol. The Labute approximate surface area is 105 Å². The van der Waals surface area contributed by atoms with E-state index in [4.69, 9.17) is 4.74 Å². The number of fused-ring (bicyclic) bond motifs is 3. The molecule has 0 radical (unpaired) electrons. The van der Waals surface area contributed by atoms with Gasteiger partial charge >= 0.3 is 0 Å². The van der Waals surface area contributed by atoms with Crippen molar-refractivity contribution in [3.05, 3.63) is 52.0 Å². The van der Waals surface area contributed by atoms with Gasteiger partial charge in [-0.1, -0.05) is 19.1 Å². The number of nitrogens with zero attached hydrogens (tertiary/aromatic N) is 1. The fourth-order valence-corrected chi connectivity index (χ4v) is 2.43. The standard InChI is InChI=1S/C15H15NO2/c1-3-10-8-9-12-14(18-10)11-6-4-5-7-13(11)16(2)15(12)17/h4-8H,3,9H2,1-2H3. The second-order valence-corrected chi connectivity index (χ2v) is 4.52. The molecule has 0 unspecified atom stereocenters. The van der Waals surface area contributed by atoms with Crippen molar-refractivity contribution in [1.29, 1.82) is 0 Å². The van der Waals surface area contributed by atoms with Crippen LogP contribution in [0.1, 0.15) is 18.9 Å². The molecular formula is C15H15NO2. The summed E-state index contributed by atoms with van der Waals surface area (Å²) in [6.07, 6.45) is 3.51. The summed E-state index contributed by atoms with van der Waals surface area (Å²) in [4.78, 5) is 12.3. The summed E-state index contributed by atoms with van der Waals surface area (Å²) in [5.74, 6) is 1.69. The molecule has 2 heterocycles. The van der Waals surface area contributed by atoms with Crippen molar-refractivity contribution in [2.24, 2.45) is 7.05 Å². The minimum atomic E-state index is 0.0371. The minimum absolute atomic E-state index is 0.0371. The van der Waals surface area contributed by atoms with E-state index in [0.717, 1.165) is 34.4 Å². The van der Waals surface area contributed by atoms with Crippen LogP contribution in [-0.2, 0) is 13.5 Å². The zero-order valence-corrected chi connectivity index (χ0v) is 10.6. The molecule has 3 heteroatoms. The average Bonchev–Trinajstić information content (AvgIpc) is 2.44. The van der Waals surface area contributed by atoms with Gasteiger partial charge in [0.2, 0.25) is 0 Å². The third-order valence-electron chi connectivity index (χ3n) is 3.46. The molecule has 1 aromatic carbocycles. The summed E-state index contributed by atoms with van der Waals surface area (Å²) in [6.45, 7) is 2.06. The van der Waals surface area contributed by atoms with Crippen LogP contribution in [0.3, 0.4) is 0 Å². The minimum Gasteiger partial charge on any atom is -0.461 e. The summed E-state index contributed by atoms with van der Waals surface area (Å²) >= 11 is 0. The Balaban J connectivity index is 2.37. The molecule has 18 heavy (non-hydrogen) atoms. The maximum atomic E-state index is 12.3. The van der Waals surface area contributed by atoms with Crippen LogP contribution < -0.4 is 10.3 Å². The maximum absolute atomic E-state index is 12.3. The number of hydrogen-bond acceptors (Lipinski definition) is 2. The van der Waals surface area contributed by atoms with Gasteiger partial charge in [-0.05, 0) is 18.2 Å². The summed E-state index contributed by atoms with van der Waals surface area (Å²) in [5, 5.41) is 1.01. The van der Waals surface area contributed by atoms with Crippen LogP contribution in [0.4, 0.5) is 0 Å². The Bertz CT molecular complexity index is 710. The van der Waals surface area contributed by atoms with Gasteiger partial charge in [0.15, 0.2) is 0 Å². The number of hydrogen-bond donors (Lipinski definition) is 0. The van der Waals surface area contributed by atoms with Crippen molar-refractivity contribution in [3.63, 3.8) is 0 Å². The van der Waals surface area contributed by atoms with Crippen molar-refractivity contribution >= 4 is 10.9 Å².